The molecule has 1 saturated carbocycles. The van der Waals surface area contributed by atoms with Crippen molar-refractivity contribution in [3.8, 4) is 11.5 Å². The minimum Gasteiger partial charge on any atom is -0.493 e. The lowest BCUT2D eigenvalue weighted by Gasteiger charge is -2.21. The second kappa shape index (κ2) is 4.53. The lowest BCUT2D eigenvalue weighted by atomic mass is 9.93. The number of benzene rings is 1. The maximum atomic E-state index is 14.7. The molecule has 1 aromatic carbocycles. The van der Waals surface area contributed by atoms with E-state index >= 15 is 0 Å². The van der Waals surface area contributed by atoms with Gasteiger partial charge in [0.2, 0.25) is 0 Å². The summed E-state index contributed by atoms with van der Waals surface area (Å²) < 4.78 is 25.0. The van der Waals surface area contributed by atoms with Gasteiger partial charge in [0, 0.05) is 12.5 Å². The first-order valence-electron chi connectivity index (χ1n) is 5.76. The number of nitrogens with two attached hydrogens (primary N) is 1. The van der Waals surface area contributed by atoms with Gasteiger partial charge in [-0.2, -0.15) is 0 Å². The van der Waals surface area contributed by atoms with Crippen molar-refractivity contribution in [3.63, 3.8) is 0 Å². The standard InChI is InChI=1S/C13H18FNO2/c1-16-11-4-3-9(7-12(11)17-2)13(14)6-5-10(15)8-13/h3-4,7,10H,5-6,8,15H2,1-2H3. The molecule has 2 unspecified atom stereocenters. The number of hydrogen-bond acceptors (Lipinski definition) is 3. The van der Waals surface area contributed by atoms with Crippen LogP contribution in [-0.4, -0.2) is 20.3 Å². The molecule has 2 rings (SSSR count). The zero-order valence-corrected chi connectivity index (χ0v) is 10.2. The Morgan fingerprint density at radius 3 is 2.53 bits per heavy atom. The van der Waals surface area contributed by atoms with Gasteiger partial charge in [0.1, 0.15) is 5.67 Å². The quantitative estimate of drug-likeness (QED) is 0.880. The Morgan fingerprint density at radius 2 is 2.00 bits per heavy atom. The lowest BCUT2D eigenvalue weighted by Crippen LogP contribution is -2.21. The van der Waals surface area contributed by atoms with Gasteiger partial charge in [-0.15, -0.1) is 0 Å². The minimum absolute atomic E-state index is 0.0481. The predicted octanol–water partition coefficient (Wildman–Crippen LogP) is 2.38. The van der Waals surface area contributed by atoms with Crippen LogP contribution in [0.3, 0.4) is 0 Å². The van der Waals surface area contributed by atoms with Crippen molar-refractivity contribution in [1.29, 1.82) is 0 Å². The fraction of sp³-hybridized carbons (Fsp3) is 0.538. The number of rotatable bonds is 3. The minimum atomic E-state index is -1.32. The van der Waals surface area contributed by atoms with Crippen LogP contribution < -0.4 is 15.2 Å². The SMILES string of the molecule is COc1ccc(C2(F)CCC(N)C2)cc1OC. The molecule has 1 fully saturated rings. The summed E-state index contributed by atoms with van der Waals surface area (Å²) in [5, 5.41) is 0. The van der Waals surface area contributed by atoms with Crippen LogP contribution in [0.4, 0.5) is 4.39 Å². The Labute approximate surface area is 101 Å². The van der Waals surface area contributed by atoms with Crippen LogP contribution in [0.2, 0.25) is 0 Å². The Morgan fingerprint density at radius 1 is 1.29 bits per heavy atom. The van der Waals surface area contributed by atoms with Crippen LogP contribution >= 0.6 is 0 Å². The molecule has 0 spiro atoms. The predicted molar refractivity (Wildman–Crippen MR) is 64.2 cm³/mol. The van der Waals surface area contributed by atoms with E-state index in [-0.39, 0.29) is 6.04 Å². The van der Waals surface area contributed by atoms with Gasteiger partial charge in [-0.05, 0) is 30.5 Å². The van der Waals surface area contributed by atoms with E-state index < -0.39 is 5.67 Å². The highest BCUT2D eigenvalue weighted by atomic mass is 19.1. The molecule has 0 aliphatic heterocycles. The van der Waals surface area contributed by atoms with Crippen molar-refractivity contribution in [2.24, 2.45) is 5.73 Å². The monoisotopic (exact) mass is 239 g/mol. The Bertz CT molecular complexity index is 410. The van der Waals surface area contributed by atoms with Crippen LogP contribution in [0, 0.1) is 0 Å². The van der Waals surface area contributed by atoms with Gasteiger partial charge in [0.25, 0.3) is 0 Å². The molecule has 1 aliphatic carbocycles. The van der Waals surface area contributed by atoms with E-state index in [4.69, 9.17) is 15.2 Å². The maximum absolute atomic E-state index is 14.7. The van der Waals surface area contributed by atoms with Crippen LogP contribution in [0.5, 0.6) is 11.5 Å². The molecular weight excluding hydrogens is 221 g/mol. The van der Waals surface area contributed by atoms with Crippen molar-refractivity contribution in [2.45, 2.75) is 31.0 Å². The molecule has 2 N–H and O–H groups in total. The van der Waals surface area contributed by atoms with E-state index in [0.29, 0.717) is 29.9 Å². The number of alkyl halides is 1. The highest BCUT2D eigenvalue weighted by molar-refractivity contribution is 5.45. The van der Waals surface area contributed by atoms with Crippen molar-refractivity contribution >= 4 is 0 Å². The van der Waals surface area contributed by atoms with Gasteiger partial charge in [0.05, 0.1) is 14.2 Å². The third-order valence-corrected chi connectivity index (χ3v) is 3.40. The Hall–Kier alpha value is -1.29. The summed E-state index contributed by atoms with van der Waals surface area (Å²) in [7, 11) is 3.11. The molecule has 0 radical (unpaired) electrons. The Balaban J connectivity index is 2.33. The van der Waals surface area contributed by atoms with Crippen LogP contribution in [0.25, 0.3) is 0 Å². The van der Waals surface area contributed by atoms with Gasteiger partial charge in [-0.1, -0.05) is 6.07 Å². The molecule has 3 nitrogen and oxygen atoms in total. The topological polar surface area (TPSA) is 44.5 Å². The molecule has 94 valence electrons. The molecule has 0 bridgehead atoms. The first-order valence-corrected chi connectivity index (χ1v) is 5.76. The Kier molecular flexibility index (Phi) is 3.24. The molecule has 2 atom stereocenters. The molecule has 0 saturated heterocycles. The van der Waals surface area contributed by atoms with Gasteiger partial charge >= 0.3 is 0 Å². The van der Waals surface area contributed by atoms with Crippen LogP contribution in [0.15, 0.2) is 18.2 Å². The fourth-order valence-corrected chi connectivity index (χ4v) is 2.41. The summed E-state index contributed by atoms with van der Waals surface area (Å²) >= 11 is 0. The largest absolute Gasteiger partial charge is 0.493 e. The zero-order chi connectivity index (χ0) is 12.5. The molecule has 1 aliphatic rings. The summed E-state index contributed by atoms with van der Waals surface area (Å²) in [6.07, 6.45) is 1.58. The third-order valence-electron chi connectivity index (χ3n) is 3.40. The number of ether oxygens (including phenoxy) is 2. The molecule has 17 heavy (non-hydrogen) atoms. The molecule has 1 aromatic rings. The van der Waals surface area contributed by atoms with Crippen molar-refractivity contribution in [1.82, 2.24) is 0 Å². The van der Waals surface area contributed by atoms with E-state index in [0.717, 1.165) is 6.42 Å². The second-order valence-corrected chi connectivity index (χ2v) is 4.54. The summed E-state index contributed by atoms with van der Waals surface area (Å²) in [5.41, 5.74) is 5.09. The average Bonchev–Trinajstić information content (AvgIpc) is 2.69. The van der Waals surface area contributed by atoms with Gasteiger partial charge in [0.15, 0.2) is 11.5 Å². The van der Waals surface area contributed by atoms with Crippen molar-refractivity contribution in [2.75, 3.05) is 14.2 Å². The van der Waals surface area contributed by atoms with Crippen molar-refractivity contribution < 1.29 is 13.9 Å². The van der Waals surface area contributed by atoms with Crippen LogP contribution in [0.1, 0.15) is 24.8 Å². The molecule has 0 aromatic heterocycles. The number of halogens is 1. The van der Waals surface area contributed by atoms with Gasteiger partial charge in [-0.3, -0.25) is 0 Å². The molecule has 0 amide bonds. The van der Waals surface area contributed by atoms with E-state index in [1.807, 2.05) is 0 Å². The van der Waals surface area contributed by atoms with Crippen molar-refractivity contribution in [3.05, 3.63) is 23.8 Å². The van der Waals surface area contributed by atoms with Crippen LogP contribution in [-0.2, 0) is 5.67 Å². The van der Waals surface area contributed by atoms with E-state index in [9.17, 15) is 4.39 Å². The summed E-state index contributed by atoms with van der Waals surface area (Å²) in [4.78, 5) is 0. The first kappa shape index (κ1) is 12.2. The van der Waals surface area contributed by atoms with E-state index in [1.54, 1.807) is 32.4 Å². The highest BCUT2D eigenvalue weighted by Gasteiger charge is 2.39. The third kappa shape index (κ3) is 2.22. The summed E-state index contributed by atoms with van der Waals surface area (Å²) in [6.45, 7) is 0. The first-order chi connectivity index (χ1) is 8.09. The second-order valence-electron chi connectivity index (χ2n) is 4.54. The maximum Gasteiger partial charge on any atom is 0.161 e. The van der Waals surface area contributed by atoms with E-state index in [2.05, 4.69) is 0 Å². The van der Waals surface area contributed by atoms with E-state index in [1.165, 1.54) is 0 Å². The summed E-state index contributed by atoms with van der Waals surface area (Å²) in [6, 6.07) is 5.14. The smallest absolute Gasteiger partial charge is 0.161 e. The number of methoxy groups -OCH3 is 2. The molecule has 4 heteroatoms. The normalized spacial score (nSPS) is 28.1. The molecular formula is C13H18FNO2. The summed E-state index contributed by atoms with van der Waals surface area (Å²) in [5.74, 6) is 1.17. The van der Waals surface area contributed by atoms with Gasteiger partial charge in [-0.25, -0.2) is 4.39 Å². The molecule has 0 heterocycles. The zero-order valence-electron chi connectivity index (χ0n) is 10.2. The highest BCUT2D eigenvalue weighted by Crippen LogP contribution is 2.44. The van der Waals surface area contributed by atoms with Gasteiger partial charge < -0.3 is 15.2 Å². The average molecular weight is 239 g/mol. The lowest BCUT2D eigenvalue weighted by molar-refractivity contribution is 0.171. The fourth-order valence-electron chi connectivity index (χ4n) is 2.41. The number of hydrogen-bond donors (Lipinski definition) is 1.